The molecule has 2 aliphatic rings. The number of aromatic nitrogens is 1. The molecule has 1 N–H and O–H groups in total. The monoisotopic (exact) mass is 327 g/mol. The van der Waals surface area contributed by atoms with E-state index in [0.717, 1.165) is 25.2 Å². The number of allylic oxidation sites excluding steroid dienone is 2. The molecule has 0 spiro atoms. The van der Waals surface area contributed by atoms with E-state index in [0.29, 0.717) is 12.0 Å². The van der Waals surface area contributed by atoms with Gasteiger partial charge in [0.15, 0.2) is 0 Å². The Bertz CT molecular complexity index is 641. The molecule has 2 heterocycles. The standard InChI is InChI=1S/C19H25N3S/c1-4-22-11-5-6-18(22)14(2)20-12-16-7-9-17(10-8-16)19-15(3)21-13-23-19/h4,7-9,13,17-18,20H,1-2,5-6,10-12H2,3H3. The second-order valence-corrected chi connectivity index (χ2v) is 7.13. The van der Waals surface area contributed by atoms with Crippen molar-refractivity contribution in [3.05, 3.63) is 64.9 Å². The lowest BCUT2D eigenvalue weighted by Crippen LogP contribution is -2.32. The zero-order valence-corrected chi connectivity index (χ0v) is 14.6. The summed E-state index contributed by atoms with van der Waals surface area (Å²) in [6.45, 7) is 12.2. The highest BCUT2D eigenvalue weighted by Gasteiger charge is 2.24. The number of likely N-dealkylation sites (tertiary alicyclic amines) is 1. The van der Waals surface area contributed by atoms with Crippen LogP contribution in [0.3, 0.4) is 0 Å². The summed E-state index contributed by atoms with van der Waals surface area (Å²) in [4.78, 5) is 8.03. The summed E-state index contributed by atoms with van der Waals surface area (Å²) in [5.41, 5.74) is 5.56. The van der Waals surface area contributed by atoms with Gasteiger partial charge in [0.05, 0.1) is 17.2 Å². The average molecular weight is 327 g/mol. The van der Waals surface area contributed by atoms with Crippen LogP contribution in [0.15, 0.2) is 54.4 Å². The van der Waals surface area contributed by atoms with Gasteiger partial charge in [0, 0.05) is 29.6 Å². The molecule has 0 amide bonds. The van der Waals surface area contributed by atoms with Gasteiger partial charge in [-0.3, -0.25) is 0 Å². The SMILES string of the molecule is C=CN1CCCC1C(=C)NCC1=CCC(c2scnc2C)C=C1. The first-order chi connectivity index (χ1) is 11.2. The Hall–Kier alpha value is -1.81. The number of hydrogen-bond donors (Lipinski definition) is 1. The van der Waals surface area contributed by atoms with Crippen LogP contribution in [0.1, 0.15) is 35.8 Å². The molecule has 0 aromatic carbocycles. The number of aryl methyl sites for hydroxylation is 1. The molecule has 3 rings (SSSR count). The summed E-state index contributed by atoms with van der Waals surface area (Å²) in [5, 5.41) is 3.51. The molecule has 0 saturated carbocycles. The number of rotatable bonds is 6. The maximum Gasteiger partial charge on any atom is 0.0797 e. The first-order valence-corrected chi connectivity index (χ1v) is 9.15. The summed E-state index contributed by atoms with van der Waals surface area (Å²) in [5.74, 6) is 0.487. The quantitative estimate of drug-likeness (QED) is 0.851. The van der Waals surface area contributed by atoms with Crippen molar-refractivity contribution >= 4 is 11.3 Å². The van der Waals surface area contributed by atoms with E-state index in [1.165, 1.54) is 29.0 Å². The Morgan fingerprint density at radius 1 is 1.57 bits per heavy atom. The van der Waals surface area contributed by atoms with Gasteiger partial charge < -0.3 is 10.2 Å². The van der Waals surface area contributed by atoms with E-state index in [9.17, 15) is 0 Å². The molecule has 23 heavy (non-hydrogen) atoms. The lowest BCUT2D eigenvalue weighted by Gasteiger charge is -2.25. The van der Waals surface area contributed by atoms with Gasteiger partial charge in [-0.25, -0.2) is 4.98 Å². The minimum absolute atomic E-state index is 0.397. The fourth-order valence-corrected chi connectivity index (χ4v) is 4.27. The van der Waals surface area contributed by atoms with E-state index in [1.54, 1.807) is 11.3 Å². The lowest BCUT2D eigenvalue weighted by atomic mass is 9.94. The van der Waals surface area contributed by atoms with Crippen LogP contribution in [0.25, 0.3) is 0 Å². The predicted molar refractivity (Wildman–Crippen MR) is 98.5 cm³/mol. The summed E-state index contributed by atoms with van der Waals surface area (Å²) in [6, 6.07) is 0.397. The molecule has 0 radical (unpaired) electrons. The van der Waals surface area contributed by atoms with Crippen LogP contribution in [0.5, 0.6) is 0 Å². The van der Waals surface area contributed by atoms with E-state index in [-0.39, 0.29) is 0 Å². The first kappa shape index (κ1) is 16.1. The van der Waals surface area contributed by atoms with Crippen LogP contribution < -0.4 is 5.32 Å². The van der Waals surface area contributed by atoms with Gasteiger partial charge in [0.25, 0.3) is 0 Å². The van der Waals surface area contributed by atoms with Crippen LogP contribution in [0.2, 0.25) is 0 Å². The molecular weight excluding hydrogens is 302 g/mol. The summed E-state index contributed by atoms with van der Waals surface area (Å²) < 4.78 is 0. The minimum Gasteiger partial charge on any atom is -0.383 e. The molecule has 1 aromatic heterocycles. The van der Waals surface area contributed by atoms with Gasteiger partial charge in [-0.05, 0) is 38.0 Å². The largest absolute Gasteiger partial charge is 0.383 e. The number of nitrogens with zero attached hydrogens (tertiary/aromatic N) is 2. The van der Waals surface area contributed by atoms with Crippen LogP contribution in [-0.2, 0) is 0 Å². The third-order valence-corrected chi connectivity index (χ3v) is 5.81. The van der Waals surface area contributed by atoms with Gasteiger partial charge in [0.1, 0.15) is 0 Å². The van der Waals surface area contributed by atoms with Crippen molar-refractivity contribution in [3.8, 4) is 0 Å². The van der Waals surface area contributed by atoms with Crippen LogP contribution >= 0.6 is 11.3 Å². The van der Waals surface area contributed by atoms with Gasteiger partial charge in [0.2, 0.25) is 0 Å². The number of nitrogens with one attached hydrogen (secondary N) is 1. The van der Waals surface area contributed by atoms with E-state index in [2.05, 4.69) is 53.5 Å². The highest BCUT2D eigenvalue weighted by atomic mass is 32.1. The van der Waals surface area contributed by atoms with Crippen molar-refractivity contribution < 1.29 is 0 Å². The fraction of sp³-hybridized carbons (Fsp3) is 0.421. The molecule has 1 saturated heterocycles. The van der Waals surface area contributed by atoms with Crippen LogP contribution in [0, 0.1) is 6.92 Å². The van der Waals surface area contributed by atoms with E-state index in [1.807, 2.05) is 11.7 Å². The van der Waals surface area contributed by atoms with Crippen molar-refractivity contribution in [2.45, 2.75) is 38.1 Å². The topological polar surface area (TPSA) is 28.2 Å². The van der Waals surface area contributed by atoms with Gasteiger partial charge in [-0.15, -0.1) is 11.3 Å². The first-order valence-electron chi connectivity index (χ1n) is 8.27. The zero-order chi connectivity index (χ0) is 16.2. The van der Waals surface area contributed by atoms with E-state index < -0.39 is 0 Å². The second kappa shape index (κ2) is 7.18. The molecule has 1 aliphatic heterocycles. The van der Waals surface area contributed by atoms with Crippen molar-refractivity contribution in [1.29, 1.82) is 0 Å². The van der Waals surface area contributed by atoms with Crippen molar-refractivity contribution in [2.75, 3.05) is 13.1 Å². The summed E-state index contributed by atoms with van der Waals surface area (Å²) in [7, 11) is 0. The molecule has 122 valence electrons. The Kier molecular flexibility index (Phi) is 5.01. The zero-order valence-electron chi connectivity index (χ0n) is 13.8. The highest BCUT2D eigenvalue weighted by Crippen LogP contribution is 2.31. The van der Waals surface area contributed by atoms with Crippen molar-refractivity contribution in [2.24, 2.45) is 0 Å². The van der Waals surface area contributed by atoms with Crippen LogP contribution in [-0.4, -0.2) is 29.0 Å². The molecule has 0 bridgehead atoms. The smallest absolute Gasteiger partial charge is 0.0797 e. The molecular formula is C19H25N3S. The van der Waals surface area contributed by atoms with Crippen molar-refractivity contribution in [3.63, 3.8) is 0 Å². The third-order valence-electron chi connectivity index (χ3n) is 4.75. The number of hydrogen-bond acceptors (Lipinski definition) is 4. The average Bonchev–Trinajstić information content (AvgIpc) is 3.21. The maximum atomic E-state index is 4.36. The fourth-order valence-electron chi connectivity index (χ4n) is 3.37. The van der Waals surface area contributed by atoms with E-state index >= 15 is 0 Å². The Morgan fingerprint density at radius 3 is 3.09 bits per heavy atom. The Morgan fingerprint density at radius 2 is 2.43 bits per heavy atom. The Balaban J connectivity index is 1.51. The molecule has 1 aliphatic carbocycles. The third kappa shape index (κ3) is 3.58. The normalized spacial score (nSPS) is 23.7. The lowest BCUT2D eigenvalue weighted by molar-refractivity contribution is 0.377. The second-order valence-electron chi connectivity index (χ2n) is 6.24. The maximum absolute atomic E-state index is 4.36. The van der Waals surface area contributed by atoms with Crippen LogP contribution in [0.4, 0.5) is 0 Å². The number of thiazole rings is 1. The molecule has 1 fully saturated rings. The summed E-state index contributed by atoms with van der Waals surface area (Å²) in [6.07, 6.45) is 12.3. The predicted octanol–water partition coefficient (Wildman–Crippen LogP) is 4.13. The minimum atomic E-state index is 0.397. The van der Waals surface area contributed by atoms with Gasteiger partial charge in [-0.1, -0.05) is 31.4 Å². The van der Waals surface area contributed by atoms with Gasteiger partial charge in [-0.2, -0.15) is 0 Å². The molecule has 4 heteroatoms. The van der Waals surface area contributed by atoms with E-state index in [4.69, 9.17) is 0 Å². The summed E-state index contributed by atoms with van der Waals surface area (Å²) >= 11 is 1.76. The molecule has 1 aromatic rings. The van der Waals surface area contributed by atoms with Crippen molar-refractivity contribution in [1.82, 2.24) is 15.2 Å². The highest BCUT2D eigenvalue weighted by molar-refractivity contribution is 7.09. The molecule has 2 unspecified atom stereocenters. The molecule has 3 nitrogen and oxygen atoms in total. The molecule has 2 atom stereocenters. The Labute approximate surface area is 143 Å². The van der Waals surface area contributed by atoms with Gasteiger partial charge >= 0.3 is 0 Å².